The summed E-state index contributed by atoms with van der Waals surface area (Å²) in [5.74, 6) is 0.104. The molecule has 0 saturated carbocycles. The first kappa shape index (κ1) is 11.5. The number of hydrogen-bond acceptors (Lipinski definition) is 3. The summed E-state index contributed by atoms with van der Waals surface area (Å²) in [5.41, 5.74) is 5.70. The highest BCUT2D eigenvalue weighted by atomic mass is 16.5. The summed E-state index contributed by atoms with van der Waals surface area (Å²) in [6.07, 6.45) is 1.93. The zero-order valence-electron chi connectivity index (χ0n) is 8.95. The van der Waals surface area contributed by atoms with Crippen molar-refractivity contribution in [1.29, 1.82) is 0 Å². The van der Waals surface area contributed by atoms with Gasteiger partial charge in [-0.25, -0.2) is 0 Å². The molecule has 1 amide bonds. The van der Waals surface area contributed by atoms with Gasteiger partial charge in [-0.3, -0.25) is 4.79 Å². The van der Waals surface area contributed by atoms with Crippen molar-refractivity contribution in [3.05, 3.63) is 0 Å². The number of rotatable bonds is 4. The average Bonchev–Trinajstić information content (AvgIpc) is 2.60. The fourth-order valence-electron chi connectivity index (χ4n) is 1.52. The van der Waals surface area contributed by atoms with Crippen LogP contribution in [0.5, 0.6) is 0 Å². The van der Waals surface area contributed by atoms with E-state index in [0.29, 0.717) is 13.2 Å². The summed E-state index contributed by atoms with van der Waals surface area (Å²) >= 11 is 0. The second-order valence-electron chi connectivity index (χ2n) is 3.99. The summed E-state index contributed by atoms with van der Waals surface area (Å²) in [6, 6.07) is 0.0682. The quantitative estimate of drug-likeness (QED) is 0.684. The Morgan fingerprint density at radius 2 is 2.43 bits per heavy atom. The standard InChI is InChI=1S/C10H20N2O2/c1-3-9(11)5-12-10(13)8-4-7(2)14-6-8/h7-9H,3-6,11H2,1-2H3,(H,12,13). The zero-order chi connectivity index (χ0) is 10.6. The monoisotopic (exact) mass is 200 g/mol. The molecule has 1 aliphatic heterocycles. The molecule has 0 aromatic heterocycles. The molecule has 0 aliphatic carbocycles. The van der Waals surface area contributed by atoms with Crippen LogP contribution < -0.4 is 11.1 Å². The number of nitrogens with one attached hydrogen (secondary N) is 1. The van der Waals surface area contributed by atoms with Gasteiger partial charge < -0.3 is 15.8 Å². The Bertz CT molecular complexity index is 197. The molecule has 1 saturated heterocycles. The number of carbonyl (C=O) groups is 1. The van der Waals surface area contributed by atoms with Crippen LogP contribution in [0.3, 0.4) is 0 Å². The minimum absolute atomic E-state index is 0.0223. The predicted octanol–water partition coefficient (Wildman–Crippen LogP) is 0.265. The number of ether oxygens (including phenoxy) is 1. The molecule has 1 fully saturated rings. The van der Waals surface area contributed by atoms with Crippen LogP contribution in [-0.4, -0.2) is 31.2 Å². The Hall–Kier alpha value is -0.610. The van der Waals surface area contributed by atoms with Crippen molar-refractivity contribution in [2.75, 3.05) is 13.2 Å². The van der Waals surface area contributed by atoms with E-state index in [1.807, 2.05) is 13.8 Å². The highest BCUT2D eigenvalue weighted by molar-refractivity contribution is 5.79. The van der Waals surface area contributed by atoms with Crippen molar-refractivity contribution in [2.24, 2.45) is 11.7 Å². The van der Waals surface area contributed by atoms with Gasteiger partial charge in [0.2, 0.25) is 5.91 Å². The Kier molecular flexibility index (Phi) is 4.35. The SMILES string of the molecule is CCC(N)CNC(=O)C1COC(C)C1. The van der Waals surface area contributed by atoms with Crippen molar-refractivity contribution in [1.82, 2.24) is 5.32 Å². The third kappa shape index (κ3) is 3.27. The van der Waals surface area contributed by atoms with Crippen molar-refractivity contribution >= 4 is 5.91 Å². The van der Waals surface area contributed by atoms with Crippen LogP contribution in [-0.2, 0) is 9.53 Å². The average molecular weight is 200 g/mol. The van der Waals surface area contributed by atoms with Crippen molar-refractivity contribution in [2.45, 2.75) is 38.8 Å². The Morgan fingerprint density at radius 3 is 2.93 bits per heavy atom. The molecule has 0 radical (unpaired) electrons. The van der Waals surface area contributed by atoms with Crippen LogP contribution in [0.2, 0.25) is 0 Å². The van der Waals surface area contributed by atoms with Crippen LogP contribution in [0.4, 0.5) is 0 Å². The second kappa shape index (κ2) is 5.32. The van der Waals surface area contributed by atoms with Gasteiger partial charge in [-0.1, -0.05) is 6.92 Å². The molecule has 3 N–H and O–H groups in total. The van der Waals surface area contributed by atoms with E-state index in [1.54, 1.807) is 0 Å². The van der Waals surface area contributed by atoms with Gasteiger partial charge in [0.15, 0.2) is 0 Å². The molecule has 14 heavy (non-hydrogen) atoms. The lowest BCUT2D eigenvalue weighted by atomic mass is 10.1. The first-order chi connectivity index (χ1) is 6.63. The Morgan fingerprint density at radius 1 is 1.71 bits per heavy atom. The smallest absolute Gasteiger partial charge is 0.225 e. The third-order valence-corrected chi connectivity index (χ3v) is 2.63. The molecule has 0 spiro atoms. The zero-order valence-corrected chi connectivity index (χ0v) is 8.95. The molecular weight excluding hydrogens is 180 g/mol. The van der Waals surface area contributed by atoms with E-state index in [1.165, 1.54) is 0 Å². The third-order valence-electron chi connectivity index (χ3n) is 2.63. The molecule has 3 atom stereocenters. The molecule has 0 aromatic rings. The highest BCUT2D eigenvalue weighted by Crippen LogP contribution is 2.18. The molecule has 1 heterocycles. The van der Waals surface area contributed by atoms with E-state index in [2.05, 4.69) is 5.32 Å². The fraction of sp³-hybridized carbons (Fsp3) is 0.900. The van der Waals surface area contributed by atoms with Crippen molar-refractivity contribution in [3.8, 4) is 0 Å². The van der Waals surface area contributed by atoms with Gasteiger partial charge in [-0.15, -0.1) is 0 Å². The minimum atomic E-state index is 0.0223. The van der Waals surface area contributed by atoms with Crippen LogP contribution in [0.15, 0.2) is 0 Å². The highest BCUT2D eigenvalue weighted by Gasteiger charge is 2.27. The Balaban J connectivity index is 2.22. The lowest BCUT2D eigenvalue weighted by Gasteiger charge is -2.12. The summed E-state index contributed by atoms with van der Waals surface area (Å²) in [6.45, 7) is 5.12. The first-order valence-corrected chi connectivity index (χ1v) is 5.28. The van der Waals surface area contributed by atoms with Crippen molar-refractivity contribution in [3.63, 3.8) is 0 Å². The van der Waals surface area contributed by atoms with Gasteiger partial charge in [0.1, 0.15) is 0 Å². The largest absolute Gasteiger partial charge is 0.378 e. The van der Waals surface area contributed by atoms with Crippen molar-refractivity contribution < 1.29 is 9.53 Å². The molecule has 1 rings (SSSR count). The van der Waals surface area contributed by atoms with E-state index in [9.17, 15) is 4.79 Å². The van der Waals surface area contributed by atoms with Crippen LogP contribution >= 0.6 is 0 Å². The number of hydrogen-bond donors (Lipinski definition) is 2. The molecule has 4 nitrogen and oxygen atoms in total. The van der Waals surface area contributed by atoms with E-state index in [0.717, 1.165) is 12.8 Å². The summed E-state index contributed by atoms with van der Waals surface area (Å²) in [5, 5.41) is 2.85. The van der Waals surface area contributed by atoms with Gasteiger partial charge in [-0.05, 0) is 19.8 Å². The van der Waals surface area contributed by atoms with Gasteiger partial charge in [0.05, 0.1) is 18.6 Å². The van der Waals surface area contributed by atoms with Crippen LogP contribution in [0.1, 0.15) is 26.7 Å². The molecule has 3 unspecified atom stereocenters. The number of carbonyl (C=O) groups excluding carboxylic acids is 1. The van der Waals surface area contributed by atoms with Gasteiger partial charge in [0.25, 0.3) is 0 Å². The minimum Gasteiger partial charge on any atom is -0.378 e. The van der Waals surface area contributed by atoms with Gasteiger partial charge in [-0.2, -0.15) is 0 Å². The van der Waals surface area contributed by atoms with Gasteiger partial charge >= 0.3 is 0 Å². The normalized spacial score (nSPS) is 28.8. The summed E-state index contributed by atoms with van der Waals surface area (Å²) in [7, 11) is 0. The maximum Gasteiger partial charge on any atom is 0.225 e. The maximum atomic E-state index is 11.6. The number of nitrogens with two attached hydrogens (primary N) is 1. The summed E-state index contributed by atoms with van der Waals surface area (Å²) in [4.78, 5) is 11.6. The molecule has 0 bridgehead atoms. The van der Waals surface area contributed by atoms with E-state index in [-0.39, 0.29) is 24.0 Å². The van der Waals surface area contributed by atoms with Crippen LogP contribution in [0, 0.1) is 5.92 Å². The summed E-state index contributed by atoms with van der Waals surface area (Å²) < 4.78 is 5.33. The molecule has 4 heteroatoms. The molecule has 1 aliphatic rings. The van der Waals surface area contributed by atoms with Crippen LogP contribution in [0.25, 0.3) is 0 Å². The topological polar surface area (TPSA) is 64.3 Å². The number of amides is 1. The predicted molar refractivity (Wildman–Crippen MR) is 54.8 cm³/mol. The lowest BCUT2D eigenvalue weighted by molar-refractivity contribution is -0.125. The van der Waals surface area contributed by atoms with Gasteiger partial charge in [0, 0.05) is 12.6 Å². The fourth-order valence-corrected chi connectivity index (χ4v) is 1.52. The van der Waals surface area contributed by atoms with E-state index >= 15 is 0 Å². The molecule has 0 aromatic carbocycles. The lowest BCUT2D eigenvalue weighted by Crippen LogP contribution is -2.39. The first-order valence-electron chi connectivity index (χ1n) is 5.28. The Labute approximate surface area is 85.2 Å². The molecule has 82 valence electrons. The maximum absolute atomic E-state index is 11.6. The molecular formula is C10H20N2O2. The second-order valence-corrected chi connectivity index (χ2v) is 3.99. The van der Waals surface area contributed by atoms with E-state index < -0.39 is 0 Å². The van der Waals surface area contributed by atoms with E-state index in [4.69, 9.17) is 10.5 Å².